The molecule has 0 fully saturated rings. The molecule has 1 aliphatic heterocycles. The minimum atomic E-state index is -0.147. The van der Waals surface area contributed by atoms with Crippen molar-refractivity contribution in [3.8, 4) is 0 Å². The van der Waals surface area contributed by atoms with Gasteiger partial charge < -0.3 is 10.1 Å². The number of aryl methyl sites for hydroxylation is 1. The number of fused-ring (bicyclic) bond motifs is 1. The van der Waals surface area contributed by atoms with E-state index in [1.54, 1.807) is 0 Å². The smallest absolute Gasteiger partial charge is 0.306 e. The molecule has 0 bridgehead atoms. The van der Waals surface area contributed by atoms with Gasteiger partial charge in [-0.25, -0.2) is 0 Å². The molecule has 0 saturated heterocycles. The molecule has 0 aromatic carbocycles. The lowest BCUT2D eigenvalue weighted by molar-refractivity contribution is -0.143. The molecule has 5 heteroatoms. The highest BCUT2D eigenvalue weighted by molar-refractivity contribution is 5.69. The van der Waals surface area contributed by atoms with Crippen LogP contribution in [0.15, 0.2) is 6.07 Å². The van der Waals surface area contributed by atoms with Gasteiger partial charge in [-0.1, -0.05) is 0 Å². The molecule has 1 aliphatic rings. The second kappa shape index (κ2) is 5.12. The summed E-state index contributed by atoms with van der Waals surface area (Å²) in [6.07, 6.45) is 1.08. The standard InChI is InChI=1S/C11H17N3O2/c1-2-16-11(15)4-3-9-7-10-8-12-5-6-14(10)13-9/h7,12H,2-6,8H2,1H3. The average Bonchev–Trinajstić information content (AvgIpc) is 2.69. The molecule has 0 saturated carbocycles. The molecular formula is C11H17N3O2. The number of rotatable bonds is 4. The molecule has 2 heterocycles. The van der Waals surface area contributed by atoms with Gasteiger partial charge in [0.25, 0.3) is 0 Å². The molecule has 5 nitrogen and oxygen atoms in total. The summed E-state index contributed by atoms with van der Waals surface area (Å²) in [4.78, 5) is 11.2. The molecule has 16 heavy (non-hydrogen) atoms. The van der Waals surface area contributed by atoms with E-state index in [0.29, 0.717) is 19.4 Å². The lowest BCUT2D eigenvalue weighted by Crippen LogP contribution is -2.28. The minimum Gasteiger partial charge on any atom is -0.466 e. The third-order valence-electron chi connectivity index (χ3n) is 2.61. The predicted octanol–water partition coefficient (Wildman–Crippen LogP) is 0.482. The predicted molar refractivity (Wildman–Crippen MR) is 58.9 cm³/mol. The van der Waals surface area contributed by atoms with Crippen LogP contribution in [-0.4, -0.2) is 28.9 Å². The van der Waals surface area contributed by atoms with Crippen molar-refractivity contribution in [2.45, 2.75) is 32.9 Å². The van der Waals surface area contributed by atoms with Crippen molar-refractivity contribution in [1.29, 1.82) is 0 Å². The maximum absolute atomic E-state index is 11.2. The topological polar surface area (TPSA) is 56.2 Å². The number of ether oxygens (including phenoxy) is 1. The molecule has 0 unspecified atom stereocenters. The summed E-state index contributed by atoms with van der Waals surface area (Å²) in [6, 6.07) is 2.06. The van der Waals surface area contributed by atoms with Crippen LogP contribution in [0.5, 0.6) is 0 Å². The first-order valence-electron chi connectivity index (χ1n) is 5.71. The van der Waals surface area contributed by atoms with Crippen LogP contribution < -0.4 is 5.32 Å². The number of nitrogens with zero attached hydrogens (tertiary/aromatic N) is 2. The van der Waals surface area contributed by atoms with E-state index in [1.165, 1.54) is 5.69 Å². The number of hydrogen-bond acceptors (Lipinski definition) is 4. The lowest BCUT2D eigenvalue weighted by atomic mass is 10.2. The Hall–Kier alpha value is -1.36. The number of aromatic nitrogens is 2. The maximum atomic E-state index is 11.2. The number of esters is 1. The maximum Gasteiger partial charge on any atom is 0.306 e. The second-order valence-corrected chi connectivity index (χ2v) is 3.83. The van der Waals surface area contributed by atoms with E-state index in [4.69, 9.17) is 4.74 Å². The highest BCUT2D eigenvalue weighted by atomic mass is 16.5. The van der Waals surface area contributed by atoms with E-state index in [2.05, 4.69) is 16.5 Å². The minimum absolute atomic E-state index is 0.147. The van der Waals surface area contributed by atoms with Crippen LogP contribution >= 0.6 is 0 Å². The van der Waals surface area contributed by atoms with E-state index in [-0.39, 0.29) is 5.97 Å². The first kappa shape index (κ1) is 11.1. The number of carbonyl (C=O) groups is 1. The Labute approximate surface area is 94.8 Å². The number of hydrogen-bond donors (Lipinski definition) is 1. The summed E-state index contributed by atoms with van der Waals surface area (Å²) in [5, 5.41) is 7.74. The Kier molecular flexibility index (Phi) is 3.56. The molecule has 0 radical (unpaired) electrons. The summed E-state index contributed by atoms with van der Waals surface area (Å²) in [6.45, 7) is 5.01. The fourth-order valence-corrected chi connectivity index (χ4v) is 1.84. The summed E-state index contributed by atoms with van der Waals surface area (Å²) in [7, 11) is 0. The molecule has 0 aliphatic carbocycles. The molecule has 1 N–H and O–H groups in total. The van der Waals surface area contributed by atoms with Gasteiger partial charge in [0.2, 0.25) is 0 Å². The zero-order valence-electron chi connectivity index (χ0n) is 9.53. The van der Waals surface area contributed by atoms with Crippen LogP contribution in [0.4, 0.5) is 0 Å². The van der Waals surface area contributed by atoms with Gasteiger partial charge in [0.05, 0.1) is 31.0 Å². The third-order valence-corrected chi connectivity index (χ3v) is 2.61. The van der Waals surface area contributed by atoms with Crippen molar-refractivity contribution in [2.75, 3.05) is 13.2 Å². The fourth-order valence-electron chi connectivity index (χ4n) is 1.84. The first-order chi connectivity index (χ1) is 7.79. The van der Waals surface area contributed by atoms with Crippen LogP contribution in [0.3, 0.4) is 0 Å². The van der Waals surface area contributed by atoms with Gasteiger partial charge in [0, 0.05) is 19.5 Å². The van der Waals surface area contributed by atoms with E-state index < -0.39 is 0 Å². The van der Waals surface area contributed by atoms with Gasteiger partial charge in [0.1, 0.15) is 0 Å². The lowest BCUT2D eigenvalue weighted by Gasteiger charge is -2.13. The van der Waals surface area contributed by atoms with Gasteiger partial charge >= 0.3 is 5.97 Å². The second-order valence-electron chi connectivity index (χ2n) is 3.83. The van der Waals surface area contributed by atoms with E-state index in [9.17, 15) is 4.79 Å². The Morgan fingerprint density at radius 1 is 1.69 bits per heavy atom. The molecule has 88 valence electrons. The molecule has 0 amide bonds. The monoisotopic (exact) mass is 223 g/mol. The molecular weight excluding hydrogens is 206 g/mol. The SMILES string of the molecule is CCOC(=O)CCc1cc2n(n1)CCNC2. The quantitative estimate of drug-likeness (QED) is 0.754. The zero-order chi connectivity index (χ0) is 11.4. The van der Waals surface area contributed by atoms with E-state index in [1.807, 2.05) is 11.6 Å². The highest BCUT2D eigenvalue weighted by Gasteiger charge is 2.12. The van der Waals surface area contributed by atoms with Gasteiger partial charge in [-0.05, 0) is 13.0 Å². The first-order valence-corrected chi connectivity index (χ1v) is 5.71. The van der Waals surface area contributed by atoms with Crippen molar-refractivity contribution in [3.63, 3.8) is 0 Å². The van der Waals surface area contributed by atoms with Crippen molar-refractivity contribution in [2.24, 2.45) is 0 Å². The normalized spacial score (nSPS) is 14.6. The summed E-state index contributed by atoms with van der Waals surface area (Å²) in [5.41, 5.74) is 2.18. The van der Waals surface area contributed by atoms with Crippen molar-refractivity contribution in [1.82, 2.24) is 15.1 Å². The average molecular weight is 223 g/mol. The van der Waals surface area contributed by atoms with Crippen molar-refractivity contribution >= 4 is 5.97 Å². The van der Waals surface area contributed by atoms with Gasteiger partial charge in [0.15, 0.2) is 0 Å². The van der Waals surface area contributed by atoms with Crippen molar-refractivity contribution < 1.29 is 9.53 Å². The molecule has 2 rings (SSSR count). The summed E-state index contributed by atoms with van der Waals surface area (Å²) in [5.74, 6) is -0.147. The fraction of sp³-hybridized carbons (Fsp3) is 0.636. The summed E-state index contributed by atoms with van der Waals surface area (Å²) >= 11 is 0. The van der Waals surface area contributed by atoms with Crippen LogP contribution in [0.25, 0.3) is 0 Å². The van der Waals surface area contributed by atoms with E-state index in [0.717, 1.165) is 25.3 Å². The Morgan fingerprint density at radius 2 is 2.56 bits per heavy atom. The largest absolute Gasteiger partial charge is 0.466 e. The zero-order valence-corrected chi connectivity index (χ0v) is 9.53. The van der Waals surface area contributed by atoms with Crippen molar-refractivity contribution in [3.05, 3.63) is 17.5 Å². The molecule has 0 atom stereocenters. The summed E-state index contributed by atoms with van der Waals surface area (Å²) < 4.78 is 6.89. The number of carbonyl (C=O) groups excluding carboxylic acids is 1. The van der Waals surface area contributed by atoms with Crippen LogP contribution in [0.1, 0.15) is 24.7 Å². The van der Waals surface area contributed by atoms with Crippen LogP contribution in [-0.2, 0) is 29.0 Å². The Bertz CT molecular complexity index is 350. The Morgan fingerprint density at radius 3 is 3.31 bits per heavy atom. The highest BCUT2D eigenvalue weighted by Crippen LogP contribution is 2.09. The van der Waals surface area contributed by atoms with Gasteiger partial charge in [-0.15, -0.1) is 0 Å². The Balaban J connectivity index is 1.90. The van der Waals surface area contributed by atoms with Gasteiger partial charge in [-0.2, -0.15) is 5.10 Å². The van der Waals surface area contributed by atoms with Crippen LogP contribution in [0, 0.1) is 0 Å². The third kappa shape index (κ3) is 2.61. The molecule has 1 aromatic heterocycles. The number of nitrogens with one attached hydrogen (secondary N) is 1. The van der Waals surface area contributed by atoms with E-state index >= 15 is 0 Å². The van der Waals surface area contributed by atoms with Crippen LogP contribution in [0.2, 0.25) is 0 Å². The molecule has 0 spiro atoms. The molecule has 1 aromatic rings. The van der Waals surface area contributed by atoms with Gasteiger partial charge in [-0.3, -0.25) is 9.48 Å².